The van der Waals surface area contributed by atoms with Gasteiger partial charge in [-0.1, -0.05) is 53.0 Å². The highest BCUT2D eigenvalue weighted by atomic mass is 79.9. The van der Waals surface area contributed by atoms with Gasteiger partial charge in [0.15, 0.2) is 0 Å². The van der Waals surface area contributed by atoms with Gasteiger partial charge < -0.3 is 0 Å². The average molecular weight is 333 g/mol. The van der Waals surface area contributed by atoms with Gasteiger partial charge in [0.1, 0.15) is 0 Å². The molecule has 0 saturated heterocycles. The summed E-state index contributed by atoms with van der Waals surface area (Å²) in [7, 11) is 0. The lowest BCUT2D eigenvalue weighted by atomic mass is 9.99. The van der Waals surface area contributed by atoms with E-state index in [1.165, 1.54) is 0 Å². The van der Waals surface area contributed by atoms with Gasteiger partial charge in [0, 0.05) is 15.6 Å². The fourth-order valence-electron chi connectivity index (χ4n) is 2.05. The SMILES string of the molecule is Cc1nc2c(Cl)ccc(Br)c2c(Cl)c1C(C)C. The number of fused-ring (bicyclic) bond motifs is 1. The Balaban J connectivity index is 2.97. The molecule has 90 valence electrons. The quantitative estimate of drug-likeness (QED) is 0.649. The van der Waals surface area contributed by atoms with E-state index in [1.54, 1.807) is 0 Å². The number of pyridine rings is 1. The summed E-state index contributed by atoms with van der Waals surface area (Å²) in [5.41, 5.74) is 2.78. The summed E-state index contributed by atoms with van der Waals surface area (Å²) < 4.78 is 0.927. The molecule has 2 rings (SSSR count). The molecule has 17 heavy (non-hydrogen) atoms. The van der Waals surface area contributed by atoms with Gasteiger partial charge in [0.2, 0.25) is 0 Å². The lowest BCUT2D eigenvalue weighted by molar-refractivity contribution is 0.848. The van der Waals surface area contributed by atoms with E-state index in [0.717, 1.165) is 31.7 Å². The van der Waals surface area contributed by atoms with Gasteiger partial charge in [-0.05, 0) is 30.5 Å². The molecule has 0 aliphatic heterocycles. The highest BCUT2D eigenvalue weighted by Gasteiger charge is 2.17. The molecule has 0 saturated carbocycles. The number of nitrogens with zero attached hydrogens (tertiary/aromatic N) is 1. The zero-order valence-corrected chi connectivity index (χ0v) is 12.9. The largest absolute Gasteiger partial charge is 0.251 e. The molecule has 0 aliphatic rings. The van der Waals surface area contributed by atoms with E-state index in [1.807, 2.05) is 19.1 Å². The summed E-state index contributed by atoms with van der Waals surface area (Å²) in [6, 6.07) is 3.73. The number of benzene rings is 1. The molecular weight excluding hydrogens is 321 g/mol. The second kappa shape index (κ2) is 4.75. The Morgan fingerprint density at radius 3 is 2.47 bits per heavy atom. The predicted octanol–water partition coefficient (Wildman–Crippen LogP) is 5.74. The van der Waals surface area contributed by atoms with E-state index in [0.29, 0.717) is 10.9 Å². The minimum atomic E-state index is 0.338. The molecule has 1 nitrogen and oxygen atoms in total. The van der Waals surface area contributed by atoms with Crippen molar-refractivity contribution in [3.05, 3.63) is 37.9 Å². The van der Waals surface area contributed by atoms with Crippen molar-refractivity contribution in [3.63, 3.8) is 0 Å². The van der Waals surface area contributed by atoms with Gasteiger partial charge in [0.25, 0.3) is 0 Å². The Labute approximate surface area is 119 Å². The van der Waals surface area contributed by atoms with Crippen LogP contribution < -0.4 is 0 Å². The number of hydrogen-bond donors (Lipinski definition) is 0. The van der Waals surface area contributed by atoms with Crippen molar-refractivity contribution in [3.8, 4) is 0 Å². The maximum absolute atomic E-state index is 6.49. The van der Waals surface area contributed by atoms with E-state index in [4.69, 9.17) is 23.2 Å². The van der Waals surface area contributed by atoms with Crippen LogP contribution in [0, 0.1) is 6.92 Å². The third kappa shape index (κ3) is 2.18. The van der Waals surface area contributed by atoms with E-state index < -0.39 is 0 Å². The summed E-state index contributed by atoms with van der Waals surface area (Å²) in [6.07, 6.45) is 0. The lowest BCUT2D eigenvalue weighted by Gasteiger charge is -2.15. The number of rotatable bonds is 1. The number of aryl methyl sites for hydroxylation is 1. The second-order valence-corrected chi connectivity index (χ2v) is 5.97. The molecule has 0 atom stereocenters. The van der Waals surface area contributed by atoms with E-state index in [-0.39, 0.29) is 0 Å². The monoisotopic (exact) mass is 331 g/mol. The van der Waals surface area contributed by atoms with E-state index in [9.17, 15) is 0 Å². The van der Waals surface area contributed by atoms with Crippen molar-refractivity contribution >= 4 is 50.0 Å². The first-order valence-electron chi connectivity index (χ1n) is 5.37. The molecule has 0 fully saturated rings. The first-order chi connectivity index (χ1) is 7.93. The van der Waals surface area contributed by atoms with Gasteiger partial charge in [0.05, 0.1) is 15.6 Å². The Bertz CT molecular complexity index is 594. The first kappa shape index (κ1) is 13.1. The molecule has 1 aromatic heterocycles. The topological polar surface area (TPSA) is 12.9 Å². The highest BCUT2D eigenvalue weighted by Crippen LogP contribution is 2.39. The fraction of sp³-hybridized carbons (Fsp3) is 0.308. The molecule has 0 radical (unpaired) electrons. The van der Waals surface area contributed by atoms with Crippen LogP contribution in [0.25, 0.3) is 10.9 Å². The smallest absolute Gasteiger partial charge is 0.0917 e. The van der Waals surface area contributed by atoms with Crippen molar-refractivity contribution in [1.82, 2.24) is 4.98 Å². The maximum Gasteiger partial charge on any atom is 0.0917 e. The Kier molecular flexibility index (Phi) is 3.67. The minimum Gasteiger partial charge on any atom is -0.251 e. The number of hydrogen-bond acceptors (Lipinski definition) is 1. The van der Waals surface area contributed by atoms with Crippen LogP contribution in [0.5, 0.6) is 0 Å². The normalized spacial score (nSPS) is 11.5. The van der Waals surface area contributed by atoms with Crippen molar-refractivity contribution in [1.29, 1.82) is 0 Å². The minimum absolute atomic E-state index is 0.338. The molecule has 0 N–H and O–H groups in total. The molecular formula is C13H12BrCl2N. The van der Waals surface area contributed by atoms with Crippen molar-refractivity contribution in [2.75, 3.05) is 0 Å². The lowest BCUT2D eigenvalue weighted by Crippen LogP contribution is -1.99. The maximum atomic E-state index is 6.49. The molecule has 0 aliphatic carbocycles. The molecule has 4 heteroatoms. The molecule has 0 bridgehead atoms. The molecule has 0 unspecified atom stereocenters. The van der Waals surface area contributed by atoms with Gasteiger partial charge in [-0.2, -0.15) is 0 Å². The molecule has 0 spiro atoms. The second-order valence-electron chi connectivity index (χ2n) is 4.33. The standard InChI is InChI=1S/C13H12BrCl2N/c1-6(2)10-7(3)17-13-9(15)5-4-8(14)11(13)12(10)16/h4-6H,1-3H3. The van der Waals surface area contributed by atoms with Gasteiger partial charge in [-0.15, -0.1) is 0 Å². The van der Waals surface area contributed by atoms with Gasteiger partial charge in [-0.25, -0.2) is 0 Å². The zero-order chi connectivity index (χ0) is 12.7. The van der Waals surface area contributed by atoms with Crippen molar-refractivity contribution < 1.29 is 0 Å². The number of aromatic nitrogens is 1. The Hall–Kier alpha value is -0.310. The van der Waals surface area contributed by atoms with Crippen LogP contribution in [0.1, 0.15) is 31.0 Å². The summed E-state index contributed by atoms with van der Waals surface area (Å²) in [6.45, 7) is 6.19. The van der Waals surface area contributed by atoms with Crippen LogP contribution in [0.4, 0.5) is 0 Å². The van der Waals surface area contributed by atoms with Crippen LogP contribution in [0.2, 0.25) is 10.0 Å². The van der Waals surface area contributed by atoms with Crippen molar-refractivity contribution in [2.45, 2.75) is 26.7 Å². The summed E-state index contributed by atoms with van der Waals surface area (Å²) >= 11 is 16.2. The van der Waals surface area contributed by atoms with E-state index in [2.05, 4.69) is 34.8 Å². The predicted molar refractivity (Wildman–Crippen MR) is 78.3 cm³/mol. The van der Waals surface area contributed by atoms with Crippen LogP contribution in [0.15, 0.2) is 16.6 Å². The fourth-order valence-corrected chi connectivity index (χ4v) is 3.43. The summed E-state index contributed by atoms with van der Waals surface area (Å²) in [5, 5.41) is 2.27. The third-order valence-electron chi connectivity index (χ3n) is 2.78. The van der Waals surface area contributed by atoms with Crippen LogP contribution in [-0.2, 0) is 0 Å². The van der Waals surface area contributed by atoms with Crippen LogP contribution in [-0.4, -0.2) is 4.98 Å². The first-order valence-corrected chi connectivity index (χ1v) is 6.92. The van der Waals surface area contributed by atoms with Crippen molar-refractivity contribution in [2.24, 2.45) is 0 Å². The Morgan fingerprint density at radius 2 is 1.88 bits per heavy atom. The average Bonchev–Trinajstić information content (AvgIpc) is 2.22. The summed E-state index contributed by atoms with van der Waals surface area (Å²) in [4.78, 5) is 4.57. The van der Waals surface area contributed by atoms with Gasteiger partial charge >= 0.3 is 0 Å². The molecule has 0 amide bonds. The highest BCUT2D eigenvalue weighted by molar-refractivity contribution is 9.10. The van der Waals surface area contributed by atoms with Gasteiger partial charge in [-0.3, -0.25) is 4.98 Å². The molecule has 1 aromatic carbocycles. The van der Waals surface area contributed by atoms with Crippen LogP contribution in [0.3, 0.4) is 0 Å². The Morgan fingerprint density at radius 1 is 1.24 bits per heavy atom. The third-order valence-corrected chi connectivity index (χ3v) is 4.14. The van der Waals surface area contributed by atoms with Crippen LogP contribution >= 0.6 is 39.1 Å². The van der Waals surface area contributed by atoms with E-state index >= 15 is 0 Å². The molecule has 2 aromatic rings. The summed E-state index contributed by atoms with van der Waals surface area (Å²) in [5.74, 6) is 0.338. The molecule has 1 heterocycles. The number of halogens is 3. The zero-order valence-electron chi connectivity index (χ0n) is 9.81.